The second-order valence-corrected chi connectivity index (χ2v) is 6.42. The summed E-state index contributed by atoms with van der Waals surface area (Å²) in [6.45, 7) is 2.20. The molecule has 2 atom stereocenters. The fourth-order valence-electron chi connectivity index (χ4n) is 2.77. The Labute approximate surface area is 141 Å². The van der Waals surface area contributed by atoms with Crippen LogP contribution in [-0.4, -0.2) is 23.3 Å². The first kappa shape index (κ1) is 20.0. The maximum absolute atomic E-state index is 10.3. The molecule has 0 aromatic carbocycles. The minimum Gasteiger partial charge on any atom is -0.481 e. The van der Waals surface area contributed by atoms with Gasteiger partial charge in [0.25, 0.3) is 0 Å². The van der Waals surface area contributed by atoms with Crippen LogP contribution in [0.15, 0.2) is 24.3 Å². The molecule has 0 saturated carbocycles. The van der Waals surface area contributed by atoms with Crippen molar-refractivity contribution < 1.29 is 14.6 Å². The molecule has 3 nitrogen and oxygen atoms in total. The SMILES string of the molecule is CC[C@H]1O[C@H]1CCCC/C=C\CCCC/C=C\CCCC(=O)O. The van der Waals surface area contributed by atoms with Gasteiger partial charge in [-0.2, -0.15) is 0 Å². The Balaban J connectivity index is 1.76. The Morgan fingerprint density at radius 3 is 1.87 bits per heavy atom. The van der Waals surface area contributed by atoms with Gasteiger partial charge in [-0.3, -0.25) is 4.79 Å². The number of hydrogen-bond donors (Lipinski definition) is 1. The zero-order valence-corrected chi connectivity index (χ0v) is 14.7. The zero-order valence-electron chi connectivity index (χ0n) is 14.7. The van der Waals surface area contributed by atoms with Crippen LogP contribution >= 0.6 is 0 Å². The van der Waals surface area contributed by atoms with Gasteiger partial charge in [-0.05, 0) is 64.2 Å². The summed E-state index contributed by atoms with van der Waals surface area (Å²) in [5, 5.41) is 8.52. The summed E-state index contributed by atoms with van der Waals surface area (Å²) in [5.74, 6) is -0.698. The minimum atomic E-state index is -0.698. The Hall–Kier alpha value is -1.09. The van der Waals surface area contributed by atoms with Gasteiger partial charge in [0.2, 0.25) is 0 Å². The lowest BCUT2D eigenvalue weighted by Gasteiger charge is -1.96. The van der Waals surface area contributed by atoms with Crippen molar-refractivity contribution in [3.63, 3.8) is 0 Å². The first-order valence-electron chi connectivity index (χ1n) is 9.41. The van der Waals surface area contributed by atoms with E-state index in [-0.39, 0.29) is 6.42 Å². The van der Waals surface area contributed by atoms with Crippen LogP contribution in [0.5, 0.6) is 0 Å². The quantitative estimate of drug-likeness (QED) is 0.241. The molecule has 0 unspecified atom stereocenters. The van der Waals surface area contributed by atoms with E-state index in [0.717, 1.165) is 19.3 Å². The van der Waals surface area contributed by atoms with E-state index in [1.165, 1.54) is 51.4 Å². The van der Waals surface area contributed by atoms with E-state index in [1.807, 2.05) is 0 Å². The standard InChI is InChI=1S/C20H34O3/c1-2-18-19(23-18)16-14-12-10-8-6-4-3-5-7-9-11-13-15-17-20(21)22/h6,8-9,11,18-19H,2-5,7,10,12-17H2,1H3,(H,21,22)/b8-6-,11-9-/t18-,19+/m1/s1. The van der Waals surface area contributed by atoms with E-state index in [0.29, 0.717) is 12.2 Å². The number of epoxide rings is 1. The monoisotopic (exact) mass is 322 g/mol. The highest BCUT2D eigenvalue weighted by molar-refractivity contribution is 5.66. The van der Waals surface area contributed by atoms with Gasteiger partial charge in [-0.15, -0.1) is 0 Å². The van der Waals surface area contributed by atoms with E-state index in [4.69, 9.17) is 9.84 Å². The first-order valence-corrected chi connectivity index (χ1v) is 9.41. The third-order valence-corrected chi connectivity index (χ3v) is 4.29. The molecule has 1 saturated heterocycles. The van der Waals surface area contributed by atoms with Crippen molar-refractivity contribution in [2.45, 2.75) is 96.2 Å². The molecule has 0 amide bonds. The van der Waals surface area contributed by atoms with Crippen LogP contribution in [0.3, 0.4) is 0 Å². The van der Waals surface area contributed by atoms with Gasteiger partial charge in [0.1, 0.15) is 0 Å². The van der Waals surface area contributed by atoms with Gasteiger partial charge in [-0.1, -0.05) is 37.6 Å². The third-order valence-electron chi connectivity index (χ3n) is 4.29. The largest absolute Gasteiger partial charge is 0.481 e. The molecule has 1 aliphatic heterocycles. The number of allylic oxidation sites excluding steroid dienone is 4. The molecule has 0 bridgehead atoms. The molecular weight excluding hydrogens is 288 g/mol. The lowest BCUT2D eigenvalue weighted by Crippen LogP contribution is -1.92. The topological polar surface area (TPSA) is 49.8 Å². The lowest BCUT2D eigenvalue weighted by molar-refractivity contribution is -0.137. The number of carboxylic acids is 1. The minimum absolute atomic E-state index is 0.280. The maximum atomic E-state index is 10.3. The molecular formula is C20H34O3. The Kier molecular flexibility index (Phi) is 11.6. The summed E-state index contributed by atoms with van der Waals surface area (Å²) in [7, 11) is 0. The molecule has 1 N–H and O–H groups in total. The normalized spacial score (nSPS) is 20.6. The molecule has 1 rings (SSSR count). The molecule has 3 heteroatoms. The molecule has 0 radical (unpaired) electrons. The summed E-state index contributed by atoms with van der Waals surface area (Å²) in [6.07, 6.45) is 22.9. The molecule has 132 valence electrons. The molecule has 0 aromatic heterocycles. The second-order valence-electron chi connectivity index (χ2n) is 6.42. The van der Waals surface area contributed by atoms with Crippen LogP contribution in [-0.2, 0) is 9.53 Å². The molecule has 0 aliphatic carbocycles. The summed E-state index contributed by atoms with van der Waals surface area (Å²) >= 11 is 0. The van der Waals surface area contributed by atoms with Crippen molar-refractivity contribution in [2.75, 3.05) is 0 Å². The molecule has 0 spiro atoms. The zero-order chi connectivity index (χ0) is 16.8. The number of rotatable bonds is 15. The van der Waals surface area contributed by atoms with Gasteiger partial charge in [0.15, 0.2) is 0 Å². The molecule has 23 heavy (non-hydrogen) atoms. The van der Waals surface area contributed by atoms with Crippen LogP contribution in [0.1, 0.15) is 84.0 Å². The van der Waals surface area contributed by atoms with Crippen LogP contribution in [0.25, 0.3) is 0 Å². The fraction of sp³-hybridized carbons (Fsp3) is 0.750. The van der Waals surface area contributed by atoms with Gasteiger partial charge in [-0.25, -0.2) is 0 Å². The number of aliphatic carboxylic acids is 1. The van der Waals surface area contributed by atoms with Gasteiger partial charge in [0, 0.05) is 6.42 Å². The molecule has 1 heterocycles. The maximum Gasteiger partial charge on any atom is 0.303 e. The average Bonchev–Trinajstić information content (AvgIpc) is 3.29. The van der Waals surface area contributed by atoms with Crippen molar-refractivity contribution in [1.82, 2.24) is 0 Å². The number of carboxylic acid groups (broad SMARTS) is 1. The number of hydrogen-bond acceptors (Lipinski definition) is 2. The van der Waals surface area contributed by atoms with Crippen LogP contribution < -0.4 is 0 Å². The van der Waals surface area contributed by atoms with Crippen LogP contribution in [0, 0.1) is 0 Å². The number of ether oxygens (including phenoxy) is 1. The van der Waals surface area contributed by atoms with Crippen molar-refractivity contribution in [1.29, 1.82) is 0 Å². The third kappa shape index (κ3) is 12.1. The summed E-state index contributed by atoms with van der Waals surface area (Å²) in [6, 6.07) is 0. The Bertz CT molecular complexity index is 360. The number of carbonyl (C=O) groups is 1. The van der Waals surface area contributed by atoms with Gasteiger partial charge in [0.05, 0.1) is 12.2 Å². The fourth-order valence-corrected chi connectivity index (χ4v) is 2.77. The van der Waals surface area contributed by atoms with Crippen molar-refractivity contribution in [2.24, 2.45) is 0 Å². The Morgan fingerprint density at radius 2 is 1.39 bits per heavy atom. The molecule has 1 fully saturated rings. The summed E-state index contributed by atoms with van der Waals surface area (Å²) < 4.78 is 5.54. The highest BCUT2D eigenvalue weighted by atomic mass is 16.6. The summed E-state index contributed by atoms with van der Waals surface area (Å²) in [5.41, 5.74) is 0. The lowest BCUT2D eigenvalue weighted by atomic mass is 10.1. The second kappa shape index (κ2) is 13.4. The molecule has 1 aliphatic rings. The highest BCUT2D eigenvalue weighted by Crippen LogP contribution is 2.29. The smallest absolute Gasteiger partial charge is 0.303 e. The molecule has 0 aromatic rings. The Morgan fingerprint density at radius 1 is 0.870 bits per heavy atom. The van der Waals surface area contributed by atoms with Crippen LogP contribution in [0.2, 0.25) is 0 Å². The van der Waals surface area contributed by atoms with Gasteiger partial charge >= 0.3 is 5.97 Å². The van der Waals surface area contributed by atoms with E-state index < -0.39 is 5.97 Å². The van der Waals surface area contributed by atoms with E-state index >= 15 is 0 Å². The predicted molar refractivity (Wildman–Crippen MR) is 95.7 cm³/mol. The first-order chi connectivity index (χ1) is 11.2. The van der Waals surface area contributed by atoms with Crippen molar-refractivity contribution in [3.05, 3.63) is 24.3 Å². The number of unbranched alkanes of at least 4 members (excludes halogenated alkanes) is 6. The predicted octanol–water partition coefficient (Wildman–Crippen LogP) is 5.65. The van der Waals surface area contributed by atoms with E-state index in [2.05, 4.69) is 31.2 Å². The average molecular weight is 322 g/mol. The van der Waals surface area contributed by atoms with Gasteiger partial charge < -0.3 is 9.84 Å². The van der Waals surface area contributed by atoms with Crippen LogP contribution in [0.4, 0.5) is 0 Å². The van der Waals surface area contributed by atoms with E-state index in [1.54, 1.807) is 0 Å². The summed E-state index contributed by atoms with van der Waals surface area (Å²) in [4.78, 5) is 10.3. The highest BCUT2D eigenvalue weighted by Gasteiger charge is 2.35. The van der Waals surface area contributed by atoms with E-state index in [9.17, 15) is 4.79 Å². The van der Waals surface area contributed by atoms with Crippen molar-refractivity contribution in [3.8, 4) is 0 Å². The van der Waals surface area contributed by atoms with Crippen molar-refractivity contribution >= 4 is 5.97 Å².